The molecule has 2 aromatic rings. The van der Waals surface area contributed by atoms with Gasteiger partial charge in [0, 0.05) is 42.9 Å². The van der Waals surface area contributed by atoms with Crippen molar-refractivity contribution in [1.29, 1.82) is 0 Å². The molecular weight excluding hydrogens is 400 g/mol. The summed E-state index contributed by atoms with van der Waals surface area (Å²) in [6, 6.07) is 8.25. The summed E-state index contributed by atoms with van der Waals surface area (Å²) in [5, 5.41) is 2.74. The van der Waals surface area contributed by atoms with Crippen LogP contribution in [0.2, 0.25) is 0 Å². The number of rotatable bonds is 7. The van der Waals surface area contributed by atoms with Crippen LogP contribution in [0, 0.1) is 0 Å². The summed E-state index contributed by atoms with van der Waals surface area (Å²) < 4.78 is 26.7. The van der Waals surface area contributed by atoms with Crippen LogP contribution in [0.3, 0.4) is 0 Å². The van der Waals surface area contributed by atoms with Gasteiger partial charge in [0.25, 0.3) is 5.91 Å². The monoisotopic (exact) mass is 422 g/mol. The molecule has 2 amide bonds. The highest BCUT2D eigenvalue weighted by Gasteiger charge is 2.27. The number of amides is 2. The topological polar surface area (TPSA) is 125 Å². The number of aromatic amines is 1. The predicted octanol–water partition coefficient (Wildman–Crippen LogP) is 0.824. The number of carbonyl (C=O) groups excluding carboxylic acids is 2. The molecule has 0 radical (unpaired) electrons. The Morgan fingerprint density at radius 1 is 1.21 bits per heavy atom. The van der Waals surface area contributed by atoms with E-state index in [9.17, 15) is 18.0 Å². The second kappa shape index (κ2) is 8.80. The molecule has 0 aliphatic carbocycles. The van der Waals surface area contributed by atoms with Crippen molar-refractivity contribution in [2.75, 3.05) is 31.1 Å². The molecule has 1 aliphatic heterocycles. The number of aromatic nitrogens is 1. The Kier molecular flexibility index (Phi) is 6.42. The summed E-state index contributed by atoms with van der Waals surface area (Å²) in [7, 11) is -3.59. The van der Waals surface area contributed by atoms with Crippen molar-refractivity contribution < 1.29 is 18.0 Å². The molecule has 3 rings (SSSR count). The lowest BCUT2D eigenvalue weighted by Crippen LogP contribution is -2.37. The van der Waals surface area contributed by atoms with Crippen LogP contribution in [0.15, 0.2) is 41.4 Å². The maximum absolute atomic E-state index is 12.6. The number of sulfonamides is 1. The molecule has 1 aromatic heterocycles. The lowest BCUT2D eigenvalue weighted by atomic mass is 10.1. The van der Waals surface area contributed by atoms with E-state index in [4.69, 9.17) is 5.73 Å². The van der Waals surface area contributed by atoms with Crippen LogP contribution in [0.4, 0.5) is 0 Å². The molecular formula is C18H22N4O4S2. The first kappa shape index (κ1) is 20.4. The fourth-order valence-corrected chi connectivity index (χ4v) is 5.46. The van der Waals surface area contributed by atoms with Crippen LogP contribution in [0.1, 0.15) is 26.4 Å². The van der Waals surface area contributed by atoms with Gasteiger partial charge in [0.2, 0.25) is 15.9 Å². The van der Waals surface area contributed by atoms with Gasteiger partial charge >= 0.3 is 0 Å². The molecule has 28 heavy (non-hydrogen) atoms. The zero-order chi connectivity index (χ0) is 20.1. The number of hydrogen-bond acceptors (Lipinski definition) is 5. The van der Waals surface area contributed by atoms with E-state index in [1.807, 2.05) is 6.07 Å². The molecule has 0 atom stereocenters. The highest BCUT2D eigenvalue weighted by Crippen LogP contribution is 2.20. The summed E-state index contributed by atoms with van der Waals surface area (Å²) in [5.74, 6) is 0.655. The van der Waals surface area contributed by atoms with E-state index < -0.39 is 15.9 Å². The minimum Gasteiger partial charge on any atom is -0.366 e. The van der Waals surface area contributed by atoms with Gasteiger partial charge in [-0.05, 0) is 30.2 Å². The normalized spacial score (nSPS) is 15.3. The molecule has 150 valence electrons. The molecule has 0 bridgehead atoms. The van der Waals surface area contributed by atoms with E-state index in [0.29, 0.717) is 31.6 Å². The van der Waals surface area contributed by atoms with Gasteiger partial charge in [-0.25, -0.2) is 8.42 Å². The molecule has 0 unspecified atom stereocenters. The number of hydrogen-bond donors (Lipinski definition) is 3. The van der Waals surface area contributed by atoms with E-state index in [0.717, 1.165) is 17.1 Å². The largest absolute Gasteiger partial charge is 0.366 e. The van der Waals surface area contributed by atoms with Gasteiger partial charge in [-0.3, -0.25) is 9.59 Å². The summed E-state index contributed by atoms with van der Waals surface area (Å²) in [5.41, 5.74) is 6.74. The van der Waals surface area contributed by atoms with Crippen molar-refractivity contribution in [2.45, 2.75) is 11.3 Å². The van der Waals surface area contributed by atoms with E-state index in [-0.39, 0.29) is 16.5 Å². The highest BCUT2D eigenvalue weighted by molar-refractivity contribution is 7.99. The number of carbonyl (C=O) groups is 2. The minimum atomic E-state index is -3.59. The molecule has 0 spiro atoms. The Hall–Kier alpha value is -2.30. The van der Waals surface area contributed by atoms with Crippen molar-refractivity contribution in [1.82, 2.24) is 14.6 Å². The zero-order valence-corrected chi connectivity index (χ0v) is 16.8. The van der Waals surface area contributed by atoms with E-state index >= 15 is 0 Å². The molecule has 2 heterocycles. The first-order chi connectivity index (χ1) is 13.4. The third kappa shape index (κ3) is 4.75. The van der Waals surface area contributed by atoms with Gasteiger partial charge in [0.1, 0.15) is 10.6 Å². The van der Waals surface area contributed by atoms with Gasteiger partial charge in [0.15, 0.2) is 0 Å². The Morgan fingerprint density at radius 2 is 1.96 bits per heavy atom. The molecule has 1 aromatic carbocycles. The summed E-state index contributed by atoms with van der Waals surface area (Å²) in [6.07, 6.45) is 1.87. The van der Waals surface area contributed by atoms with Crippen LogP contribution >= 0.6 is 11.8 Å². The highest BCUT2D eigenvalue weighted by atomic mass is 32.2. The third-order valence-electron chi connectivity index (χ3n) is 4.42. The quantitative estimate of drug-likeness (QED) is 0.609. The molecule has 8 nitrogen and oxygen atoms in total. The molecule has 1 aliphatic rings. The van der Waals surface area contributed by atoms with Crippen LogP contribution in [0.25, 0.3) is 0 Å². The first-order valence-electron chi connectivity index (χ1n) is 8.81. The van der Waals surface area contributed by atoms with Crippen molar-refractivity contribution in [3.63, 3.8) is 0 Å². The maximum atomic E-state index is 12.6. The Balaban J connectivity index is 1.58. The number of thioether (sulfide) groups is 1. The maximum Gasteiger partial charge on any atom is 0.267 e. The molecule has 0 saturated carbocycles. The van der Waals surface area contributed by atoms with Crippen molar-refractivity contribution in [2.24, 2.45) is 5.73 Å². The van der Waals surface area contributed by atoms with Crippen LogP contribution in [-0.4, -0.2) is 60.7 Å². The average molecular weight is 423 g/mol. The fraction of sp³-hybridized carbons (Fsp3) is 0.333. The van der Waals surface area contributed by atoms with E-state index in [2.05, 4.69) is 10.3 Å². The molecule has 1 fully saturated rings. The summed E-state index contributed by atoms with van der Waals surface area (Å²) in [6.45, 7) is 1.29. The SMILES string of the molecule is NC(=O)c1cccc(CCNC(=O)c2cc(S(=O)(=O)N3CCSCC3)c[nH]2)c1. The second-order valence-electron chi connectivity index (χ2n) is 6.34. The third-order valence-corrected chi connectivity index (χ3v) is 7.24. The van der Waals surface area contributed by atoms with Gasteiger partial charge in [0.05, 0.1) is 0 Å². The second-order valence-corrected chi connectivity index (χ2v) is 9.50. The average Bonchev–Trinajstić information content (AvgIpc) is 3.20. The van der Waals surface area contributed by atoms with Crippen molar-refractivity contribution in [3.05, 3.63) is 53.3 Å². The lowest BCUT2D eigenvalue weighted by Gasteiger charge is -2.24. The van der Waals surface area contributed by atoms with Gasteiger partial charge in [-0.15, -0.1) is 0 Å². The minimum absolute atomic E-state index is 0.0960. The number of nitrogens with one attached hydrogen (secondary N) is 2. The number of nitrogens with two attached hydrogens (primary N) is 1. The fourth-order valence-electron chi connectivity index (χ4n) is 2.89. The van der Waals surface area contributed by atoms with Gasteiger partial charge in [-0.2, -0.15) is 16.1 Å². The van der Waals surface area contributed by atoms with Crippen molar-refractivity contribution in [3.8, 4) is 0 Å². The number of benzene rings is 1. The number of H-pyrrole nitrogens is 1. The zero-order valence-electron chi connectivity index (χ0n) is 15.2. The van der Waals surface area contributed by atoms with Crippen molar-refractivity contribution >= 4 is 33.6 Å². The molecule has 10 heteroatoms. The molecule has 1 saturated heterocycles. The standard InChI is InChI=1S/C18H22N4O4S2/c19-17(23)14-3-1-2-13(10-14)4-5-20-18(24)16-11-15(12-21-16)28(25,26)22-6-8-27-9-7-22/h1-3,10-12,21H,4-9H2,(H2,19,23)(H,20,24). The van der Waals surface area contributed by atoms with Crippen LogP contribution < -0.4 is 11.1 Å². The Morgan fingerprint density at radius 3 is 2.68 bits per heavy atom. The smallest absolute Gasteiger partial charge is 0.267 e. The number of nitrogens with zero attached hydrogens (tertiary/aromatic N) is 1. The predicted molar refractivity (Wildman–Crippen MR) is 108 cm³/mol. The summed E-state index contributed by atoms with van der Waals surface area (Å²) >= 11 is 1.73. The van der Waals surface area contributed by atoms with Crippen LogP contribution in [-0.2, 0) is 16.4 Å². The van der Waals surface area contributed by atoms with Crippen LogP contribution in [0.5, 0.6) is 0 Å². The Labute approximate surface area is 167 Å². The Bertz CT molecular complexity index is 965. The van der Waals surface area contributed by atoms with E-state index in [1.54, 1.807) is 30.0 Å². The summed E-state index contributed by atoms with van der Waals surface area (Å²) in [4.78, 5) is 26.3. The number of primary amides is 1. The van der Waals surface area contributed by atoms with E-state index in [1.165, 1.54) is 16.6 Å². The first-order valence-corrected chi connectivity index (χ1v) is 11.4. The lowest BCUT2D eigenvalue weighted by molar-refractivity contribution is 0.0948. The van der Waals surface area contributed by atoms with Gasteiger partial charge in [-0.1, -0.05) is 12.1 Å². The van der Waals surface area contributed by atoms with Gasteiger partial charge < -0.3 is 16.0 Å². The molecule has 4 N–H and O–H groups in total.